The van der Waals surface area contributed by atoms with Crippen molar-refractivity contribution in [2.45, 2.75) is 26.8 Å². The van der Waals surface area contributed by atoms with Crippen molar-refractivity contribution < 1.29 is 13.7 Å². The number of nitrogens with two attached hydrogens (primary N) is 1. The lowest BCUT2D eigenvalue weighted by atomic mass is 10.2. The van der Waals surface area contributed by atoms with Gasteiger partial charge in [0.15, 0.2) is 17.4 Å². The highest BCUT2D eigenvalue weighted by Gasteiger charge is 2.10. The second kappa shape index (κ2) is 6.23. The zero-order valence-corrected chi connectivity index (χ0v) is 11.4. The third-order valence-corrected chi connectivity index (χ3v) is 2.57. The maximum absolute atomic E-state index is 13.6. The molecule has 0 fully saturated rings. The molecular weight excluding hydrogens is 263 g/mol. The third-order valence-electron chi connectivity index (χ3n) is 2.57. The number of aryl methyl sites for hydroxylation is 1. The summed E-state index contributed by atoms with van der Waals surface area (Å²) in [7, 11) is 0. The summed E-state index contributed by atoms with van der Waals surface area (Å²) in [4.78, 5) is 4.06. The zero-order chi connectivity index (χ0) is 14.5. The fourth-order valence-electron chi connectivity index (χ4n) is 1.63. The fraction of sp³-hybridized carbons (Fsp3) is 0.385. The van der Waals surface area contributed by atoms with E-state index in [0.717, 1.165) is 6.42 Å². The minimum Gasteiger partial charge on any atom is -0.490 e. The summed E-state index contributed by atoms with van der Waals surface area (Å²) >= 11 is 0. The molecule has 7 heteroatoms. The van der Waals surface area contributed by atoms with Gasteiger partial charge in [0.2, 0.25) is 5.89 Å². The monoisotopic (exact) mass is 280 g/mol. The van der Waals surface area contributed by atoms with E-state index >= 15 is 0 Å². The van der Waals surface area contributed by atoms with E-state index in [9.17, 15) is 4.39 Å². The van der Waals surface area contributed by atoms with E-state index in [1.165, 1.54) is 12.1 Å². The van der Waals surface area contributed by atoms with Gasteiger partial charge in [-0.2, -0.15) is 4.98 Å². The van der Waals surface area contributed by atoms with Crippen molar-refractivity contribution in [3.63, 3.8) is 0 Å². The normalized spacial score (nSPS) is 10.6. The highest BCUT2D eigenvalue weighted by Crippen LogP contribution is 2.28. The van der Waals surface area contributed by atoms with Crippen molar-refractivity contribution in [2.75, 3.05) is 17.7 Å². The third kappa shape index (κ3) is 3.37. The van der Waals surface area contributed by atoms with Crippen LogP contribution in [-0.4, -0.2) is 16.7 Å². The van der Waals surface area contributed by atoms with Crippen LogP contribution in [0.1, 0.15) is 25.1 Å². The molecule has 6 nitrogen and oxygen atoms in total. The van der Waals surface area contributed by atoms with Gasteiger partial charge in [0.1, 0.15) is 0 Å². The quantitative estimate of drug-likeness (QED) is 0.791. The van der Waals surface area contributed by atoms with Gasteiger partial charge in [-0.1, -0.05) is 12.1 Å². The Labute approximate surface area is 116 Å². The van der Waals surface area contributed by atoms with Crippen molar-refractivity contribution in [1.29, 1.82) is 0 Å². The highest BCUT2D eigenvalue weighted by atomic mass is 19.1. The molecular formula is C13H17FN4O2. The van der Waals surface area contributed by atoms with Crippen molar-refractivity contribution in [2.24, 2.45) is 0 Å². The van der Waals surface area contributed by atoms with E-state index in [2.05, 4.69) is 15.5 Å². The standard InChI is InChI=1S/C13H17FN4O2/c1-3-4-19-12-6-11(10(15)5-9(12)14)16-7-13-17-8(2)18-20-13/h5-6,16H,3-4,7,15H2,1-2H3. The number of benzene rings is 1. The molecule has 3 N–H and O–H groups in total. The number of aromatic nitrogens is 2. The first-order chi connectivity index (χ1) is 9.60. The van der Waals surface area contributed by atoms with Gasteiger partial charge in [0.05, 0.1) is 24.5 Å². The molecule has 0 saturated heterocycles. The molecule has 0 atom stereocenters. The van der Waals surface area contributed by atoms with Crippen LogP contribution in [0.2, 0.25) is 0 Å². The molecule has 108 valence electrons. The maximum atomic E-state index is 13.6. The van der Waals surface area contributed by atoms with E-state index in [1.807, 2.05) is 6.92 Å². The predicted octanol–water partition coefficient (Wildman–Crippen LogP) is 2.50. The molecule has 0 saturated carbocycles. The predicted molar refractivity (Wildman–Crippen MR) is 73.0 cm³/mol. The van der Waals surface area contributed by atoms with Crippen molar-refractivity contribution in [1.82, 2.24) is 10.1 Å². The molecule has 0 amide bonds. The van der Waals surface area contributed by atoms with E-state index < -0.39 is 5.82 Å². The van der Waals surface area contributed by atoms with E-state index in [0.29, 0.717) is 36.2 Å². The van der Waals surface area contributed by atoms with E-state index in [-0.39, 0.29) is 5.75 Å². The van der Waals surface area contributed by atoms with Crippen LogP contribution in [0.25, 0.3) is 0 Å². The molecule has 2 aromatic rings. The largest absolute Gasteiger partial charge is 0.490 e. The second-order valence-corrected chi connectivity index (χ2v) is 4.31. The number of hydrogen-bond acceptors (Lipinski definition) is 6. The first-order valence-electron chi connectivity index (χ1n) is 6.35. The Hall–Kier alpha value is -2.31. The van der Waals surface area contributed by atoms with Crippen LogP contribution in [0.15, 0.2) is 16.7 Å². The first kappa shape index (κ1) is 14.1. The van der Waals surface area contributed by atoms with Gasteiger partial charge in [-0.3, -0.25) is 0 Å². The van der Waals surface area contributed by atoms with Crippen LogP contribution in [0.4, 0.5) is 15.8 Å². The van der Waals surface area contributed by atoms with Crippen LogP contribution in [0, 0.1) is 12.7 Å². The van der Waals surface area contributed by atoms with Gasteiger partial charge in [-0.05, 0) is 13.3 Å². The smallest absolute Gasteiger partial charge is 0.245 e. The number of hydrogen-bond donors (Lipinski definition) is 2. The number of nitrogen functional groups attached to an aromatic ring is 1. The van der Waals surface area contributed by atoms with Crippen molar-refractivity contribution >= 4 is 11.4 Å². The minimum absolute atomic E-state index is 0.172. The number of nitrogens with zero attached hydrogens (tertiary/aromatic N) is 2. The van der Waals surface area contributed by atoms with Gasteiger partial charge >= 0.3 is 0 Å². The minimum atomic E-state index is -0.477. The van der Waals surface area contributed by atoms with Crippen molar-refractivity contribution in [3.05, 3.63) is 29.7 Å². The molecule has 0 aliphatic heterocycles. The SMILES string of the molecule is CCCOc1cc(NCc2nc(C)no2)c(N)cc1F. The average molecular weight is 280 g/mol. The summed E-state index contributed by atoms with van der Waals surface area (Å²) in [5.74, 6) is 0.684. The lowest BCUT2D eigenvalue weighted by molar-refractivity contribution is 0.301. The van der Waals surface area contributed by atoms with Crippen molar-refractivity contribution in [3.8, 4) is 5.75 Å². The van der Waals surface area contributed by atoms with Gasteiger partial charge in [-0.15, -0.1) is 0 Å². The summed E-state index contributed by atoms with van der Waals surface area (Å²) < 4.78 is 23.9. The molecule has 0 aliphatic rings. The molecule has 0 radical (unpaired) electrons. The summed E-state index contributed by atoms with van der Waals surface area (Å²) in [5.41, 5.74) is 6.62. The number of rotatable bonds is 6. The molecule has 0 spiro atoms. The number of anilines is 2. The zero-order valence-electron chi connectivity index (χ0n) is 11.4. The molecule has 1 aromatic carbocycles. The van der Waals surface area contributed by atoms with Gasteiger partial charge in [0.25, 0.3) is 0 Å². The Balaban J connectivity index is 2.09. The van der Waals surface area contributed by atoms with Crippen LogP contribution < -0.4 is 15.8 Å². The van der Waals surface area contributed by atoms with Gasteiger partial charge in [0, 0.05) is 12.1 Å². The lowest BCUT2D eigenvalue weighted by Crippen LogP contribution is -2.05. The molecule has 1 heterocycles. The van der Waals surface area contributed by atoms with E-state index in [1.54, 1.807) is 6.92 Å². The number of nitrogens with one attached hydrogen (secondary N) is 1. The van der Waals surface area contributed by atoms with Gasteiger partial charge < -0.3 is 20.3 Å². The van der Waals surface area contributed by atoms with Crippen LogP contribution in [-0.2, 0) is 6.54 Å². The molecule has 0 aliphatic carbocycles. The Kier molecular flexibility index (Phi) is 4.39. The van der Waals surface area contributed by atoms with Crippen LogP contribution >= 0.6 is 0 Å². The second-order valence-electron chi connectivity index (χ2n) is 4.31. The topological polar surface area (TPSA) is 86.2 Å². The molecule has 1 aromatic heterocycles. The Morgan fingerprint density at radius 1 is 1.45 bits per heavy atom. The molecule has 0 unspecified atom stereocenters. The maximum Gasteiger partial charge on any atom is 0.245 e. The Morgan fingerprint density at radius 3 is 2.90 bits per heavy atom. The summed E-state index contributed by atoms with van der Waals surface area (Å²) in [6, 6.07) is 2.76. The van der Waals surface area contributed by atoms with Crippen LogP contribution in [0.3, 0.4) is 0 Å². The molecule has 20 heavy (non-hydrogen) atoms. The van der Waals surface area contributed by atoms with Crippen LogP contribution in [0.5, 0.6) is 5.75 Å². The van der Waals surface area contributed by atoms with Gasteiger partial charge in [-0.25, -0.2) is 4.39 Å². The average Bonchev–Trinajstić information content (AvgIpc) is 2.82. The number of halogens is 1. The van der Waals surface area contributed by atoms with E-state index in [4.69, 9.17) is 15.0 Å². The Morgan fingerprint density at radius 2 is 2.25 bits per heavy atom. The highest BCUT2D eigenvalue weighted by molar-refractivity contribution is 5.68. The fourth-order valence-corrected chi connectivity index (χ4v) is 1.63. The molecule has 2 rings (SSSR count). The Bertz CT molecular complexity index is 586. The lowest BCUT2D eigenvalue weighted by Gasteiger charge is -2.11. The first-order valence-corrected chi connectivity index (χ1v) is 6.35. The summed E-state index contributed by atoms with van der Waals surface area (Å²) in [6.07, 6.45) is 0.799. The summed E-state index contributed by atoms with van der Waals surface area (Å²) in [6.45, 7) is 4.44. The summed E-state index contributed by atoms with van der Waals surface area (Å²) in [5, 5.41) is 6.70. The molecule has 0 bridgehead atoms. The number of ether oxygens (including phenoxy) is 1.